The standard InChI is InChI=1S/C25H29N5O3/c1-18(31)29-25(15-7-2-3-8-16-25)24-28-23(33-30-24)14-13-22(32)27-21-12-11-20(17-26-21)19-9-5-4-6-10-19/h4-6,9-12,17H,2-3,7-8,13-16H2,1H3,(H,29,31)(H,26,27,32). The number of carbonyl (C=O) groups excluding carboxylic acids is 2. The number of rotatable bonds is 7. The third-order valence-corrected chi connectivity index (χ3v) is 5.97. The van der Waals surface area contributed by atoms with Crippen molar-refractivity contribution in [2.45, 2.75) is 63.8 Å². The van der Waals surface area contributed by atoms with E-state index in [0.29, 0.717) is 24.0 Å². The fourth-order valence-corrected chi connectivity index (χ4v) is 4.32. The van der Waals surface area contributed by atoms with E-state index in [-0.39, 0.29) is 18.2 Å². The van der Waals surface area contributed by atoms with E-state index in [0.717, 1.165) is 49.7 Å². The van der Waals surface area contributed by atoms with E-state index in [4.69, 9.17) is 4.52 Å². The van der Waals surface area contributed by atoms with Gasteiger partial charge in [-0.25, -0.2) is 4.98 Å². The van der Waals surface area contributed by atoms with Gasteiger partial charge in [-0.15, -0.1) is 0 Å². The Balaban J connectivity index is 1.35. The van der Waals surface area contributed by atoms with Gasteiger partial charge in [-0.2, -0.15) is 4.98 Å². The lowest BCUT2D eigenvalue weighted by atomic mass is 9.89. The normalized spacial score (nSPS) is 15.4. The maximum Gasteiger partial charge on any atom is 0.227 e. The summed E-state index contributed by atoms with van der Waals surface area (Å²) < 4.78 is 5.42. The molecule has 1 saturated carbocycles. The molecule has 0 spiro atoms. The molecule has 1 fully saturated rings. The quantitative estimate of drug-likeness (QED) is 0.520. The first-order chi connectivity index (χ1) is 16.0. The monoisotopic (exact) mass is 447 g/mol. The number of hydrogen-bond donors (Lipinski definition) is 2. The van der Waals surface area contributed by atoms with E-state index < -0.39 is 5.54 Å². The lowest BCUT2D eigenvalue weighted by Gasteiger charge is -2.30. The van der Waals surface area contributed by atoms with Crippen LogP contribution in [0.15, 0.2) is 53.2 Å². The van der Waals surface area contributed by atoms with E-state index >= 15 is 0 Å². The Morgan fingerprint density at radius 1 is 1.00 bits per heavy atom. The number of anilines is 1. The van der Waals surface area contributed by atoms with Crippen LogP contribution in [0.5, 0.6) is 0 Å². The Morgan fingerprint density at radius 3 is 2.42 bits per heavy atom. The van der Waals surface area contributed by atoms with Crippen LogP contribution in [0.2, 0.25) is 0 Å². The molecule has 0 saturated heterocycles. The van der Waals surface area contributed by atoms with Gasteiger partial charge in [0.1, 0.15) is 11.4 Å². The molecule has 2 heterocycles. The molecule has 172 valence electrons. The van der Waals surface area contributed by atoms with Gasteiger partial charge in [-0.3, -0.25) is 9.59 Å². The number of aromatic nitrogens is 3. The number of hydrogen-bond acceptors (Lipinski definition) is 6. The highest BCUT2D eigenvalue weighted by Crippen LogP contribution is 2.34. The fourth-order valence-electron chi connectivity index (χ4n) is 4.32. The van der Waals surface area contributed by atoms with Crippen LogP contribution in [-0.4, -0.2) is 26.9 Å². The van der Waals surface area contributed by atoms with Crippen LogP contribution in [0, 0.1) is 0 Å². The molecule has 2 amide bonds. The number of pyridine rings is 1. The highest BCUT2D eigenvalue weighted by atomic mass is 16.5. The molecule has 2 aromatic heterocycles. The van der Waals surface area contributed by atoms with Gasteiger partial charge >= 0.3 is 0 Å². The third kappa shape index (κ3) is 5.83. The number of carbonyl (C=O) groups is 2. The highest BCUT2D eigenvalue weighted by molar-refractivity contribution is 5.90. The average molecular weight is 448 g/mol. The lowest BCUT2D eigenvalue weighted by Crippen LogP contribution is -2.45. The van der Waals surface area contributed by atoms with Crippen LogP contribution in [0.1, 0.15) is 63.6 Å². The molecule has 0 bridgehead atoms. The first-order valence-corrected chi connectivity index (χ1v) is 11.5. The van der Waals surface area contributed by atoms with Crippen LogP contribution < -0.4 is 10.6 Å². The summed E-state index contributed by atoms with van der Waals surface area (Å²) in [6.45, 7) is 1.51. The number of amides is 2. The fraction of sp³-hybridized carbons (Fsp3) is 0.400. The Hall–Kier alpha value is -3.55. The molecule has 2 N–H and O–H groups in total. The van der Waals surface area contributed by atoms with Crippen molar-refractivity contribution in [3.63, 3.8) is 0 Å². The van der Waals surface area contributed by atoms with E-state index in [1.807, 2.05) is 36.4 Å². The summed E-state index contributed by atoms with van der Waals surface area (Å²) >= 11 is 0. The molecule has 3 aromatic rings. The molecule has 0 unspecified atom stereocenters. The van der Waals surface area contributed by atoms with Gasteiger partial charge in [0.15, 0.2) is 5.82 Å². The van der Waals surface area contributed by atoms with Crippen molar-refractivity contribution in [2.75, 3.05) is 5.32 Å². The van der Waals surface area contributed by atoms with Crippen molar-refractivity contribution >= 4 is 17.6 Å². The summed E-state index contributed by atoms with van der Waals surface area (Å²) in [5, 5.41) is 10.0. The summed E-state index contributed by atoms with van der Waals surface area (Å²) in [5.74, 6) is 1.11. The first kappa shape index (κ1) is 22.6. The smallest absolute Gasteiger partial charge is 0.227 e. The van der Waals surface area contributed by atoms with Gasteiger partial charge in [-0.05, 0) is 30.5 Å². The highest BCUT2D eigenvalue weighted by Gasteiger charge is 2.38. The predicted octanol–water partition coefficient (Wildman–Crippen LogP) is 4.39. The zero-order chi connectivity index (χ0) is 23.1. The third-order valence-electron chi connectivity index (χ3n) is 5.97. The van der Waals surface area contributed by atoms with Gasteiger partial charge in [0, 0.05) is 31.5 Å². The van der Waals surface area contributed by atoms with Crippen molar-refractivity contribution < 1.29 is 14.1 Å². The van der Waals surface area contributed by atoms with Gasteiger partial charge in [0.25, 0.3) is 0 Å². The molecule has 8 heteroatoms. The van der Waals surface area contributed by atoms with Gasteiger partial charge in [0.2, 0.25) is 17.7 Å². The maximum atomic E-state index is 12.4. The zero-order valence-electron chi connectivity index (χ0n) is 18.8. The summed E-state index contributed by atoms with van der Waals surface area (Å²) in [7, 11) is 0. The van der Waals surface area contributed by atoms with Crippen molar-refractivity contribution in [2.24, 2.45) is 0 Å². The Bertz CT molecular complexity index is 1070. The molecule has 1 aromatic carbocycles. The molecule has 0 atom stereocenters. The Morgan fingerprint density at radius 2 is 1.76 bits per heavy atom. The second-order valence-corrected chi connectivity index (χ2v) is 8.54. The number of nitrogens with zero attached hydrogens (tertiary/aromatic N) is 3. The molecular formula is C25H29N5O3. The van der Waals surface area contributed by atoms with E-state index in [9.17, 15) is 9.59 Å². The topological polar surface area (TPSA) is 110 Å². The summed E-state index contributed by atoms with van der Waals surface area (Å²) in [6, 6.07) is 13.7. The van der Waals surface area contributed by atoms with Gasteiger partial charge < -0.3 is 15.2 Å². The molecule has 1 aliphatic carbocycles. The van der Waals surface area contributed by atoms with Crippen LogP contribution in [0.3, 0.4) is 0 Å². The van der Waals surface area contributed by atoms with Crippen molar-refractivity contribution in [1.29, 1.82) is 0 Å². The average Bonchev–Trinajstić information content (AvgIpc) is 3.18. The SMILES string of the molecule is CC(=O)NC1(c2noc(CCC(=O)Nc3ccc(-c4ccccc4)cn3)n2)CCCCCC1. The predicted molar refractivity (Wildman–Crippen MR) is 124 cm³/mol. The van der Waals surface area contributed by atoms with Gasteiger partial charge in [0.05, 0.1) is 0 Å². The number of nitrogens with one attached hydrogen (secondary N) is 2. The van der Waals surface area contributed by atoms with Crippen molar-refractivity contribution in [3.8, 4) is 11.1 Å². The summed E-state index contributed by atoms with van der Waals surface area (Å²) in [4.78, 5) is 33.1. The lowest BCUT2D eigenvalue weighted by molar-refractivity contribution is -0.121. The molecule has 8 nitrogen and oxygen atoms in total. The largest absolute Gasteiger partial charge is 0.343 e. The van der Waals surface area contributed by atoms with E-state index in [1.54, 1.807) is 12.3 Å². The maximum absolute atomic E-state index is 12.4. The summed E-state index contributed by atoms with van der Waals surface area (Å²) in [6.07, 6.45) is 8.09. The second kappa shape index (κ2) is 10.4. The van der Waals surface area contributed by atoms with Gasteiger partial charge in [-0.1, -0.05) is 61.2 Å². The minimum absolute atomic E-state index is 0.103. The number of aryl methyl sites for hydroxylation is 1. The van der Waals surface area contributed by atoms with Crippen LogP contribution in [-0.2, 0) is 21.5 Å². The molecule has 33 heavy (non-hydrogen) atoms. The van der Waals surface area contributed by atoms with E-state index in [1.165, 1.54) is 6.92 Å². The minimum atomic E-state index is -0.587. The first-order valence-electron chi connectivity index (χ1n) is 11.5. The second-order valence-electron chi connectivity index (χ2n) is 8.54. The Kier molecular flexibility index (Phi) is 7.12. The summed E-state index contributed by atoms with van der Waals surface area (Å²) in [5.41, 5.74) is 1.47. The molecule has 4 rings (SSSR count). The zero-order valence-corrected chi connectivity index (χ0v) is 18.8. The number of benzene rings is 1. The molecular weight excluding hydrogens is 418 g/mol. The minimum Gasteiger partial charge on any atom is -0.343 e. The van der Waals surface area contributed by atoms with Crippen molar-refractivity contribution in [1.82, 2.24) is 20.4 Å². The van der Waals surface area contributed by atoms with Crippen LogP contribution in [0.4, 0.5) is 5.82 Å². The van der Waals surface area contributed by atoms with Crippen LogP contribution >= 0.6 is 0 Å². The Labute approximate surface area is 193 Å². The molecule has 0 aliphatic heterocycles. The molecule has 0 radical (unpaired) electrons. The van der Waals surface area contributed by atoms with Crippen LogP contribution in [0.25, 0.3) is 11.1 Å². The van der Waals surface area contributed by atoms with E-state index in [2.05, 4.69) is 25.8 Å². The molecule has 1 aliphatic rings. The van der Waals surface area contributed by atoms with Crippen molar-refractivity contribution in [3.05, 3.63) is 60.4 Å².